The highest BCUT2D eigenvalue weighted by molar-refractivity contribution is 6.63. The molecule has 0 fully saturated rings. The summed E-state index contributed by atoms with van der Waals surface area (Å²) in [7, 11) is 0.942. The fourth-order valence-corrected chi connectivity index (χ4v) is 0.998. The van der Waals surface area contributed by atoms with Crippen LogP contribution < -0.4 is 5.32 Å². The quantitative estimate of drug-likeness (QED) is 0.594. The van der Waals surface area contributed by atoms with Crippen molar-refractivity contribution in [3.05, 3.63) is 0 Å². The molecule has 0 aromatic heterocycles. The van der Waals surface area contributed by atoms with Crippen LogP contribution in [-0.4, -0.2) is 36.4 Å². The highest BCUT2D eigenvalue weighted by Crippen LogP contribution is 2.15. The summed E-state index contributed by atoms with van der Waals surface area (Å²) in [6, 6.07) is -1.56. The molecule has 98 valence electrons. The molecule has 0 bridgehead atoms. The van der Waals surface area contributed by atoms with Gasteiger partial charge >= 0.3 is 18.1 Å². The van der Waals surface area contributed by atoms with E-state index in [0.717, 1.165) is 7.11 Å². The van der Waals surface area contributed by atoms with Gasteiger partial charge in [0.15, 0.2) is 0 Å². The van der Waals surface area contributed by atoms with Crippen LogP contribution in [0.15, 0.2) is 0 Å². The molecule has 5 nitrogen and oxygen atoms in total. The average Bonchev–Trinajstić information content (AvgIpc) is 2.20. The molecule has 17 heavy (non-hydrogen) atoms. The molecule has 0 radical (unpaired) electrons. The summed E-state index contributed by atoms with van der Waals surface area (Å²) in [4.78, 5) is 32.0. The number of methoxy groups -OCH3 is 1. The maximum absolute atomic E-state index is 11.9. The number of ether oxygens (including phenoxy) is 1. The molecule has 0 aliphatic carbocycles. The molecule has 0 heterocycles. The molecule has 0 aromatic rings. The van der Waals surface area contributed by atoms with Gasteiger partial charge in [0.05, 0.1) is 7.11 Å². The summed E-state index contributed by atoms with van der Waals surface area (Å²) >= 11 is 4.97. The number of esters is 1. The third kappa shape index (κ3) is 6.10. The average molecular weight is 276 g/mol. The van der Waals surface area contributed by atoms with Gasteiger partial charge in [-0.1, -0.05) is 0 Å². The maximum Gasteiger partial charge on any atom is 0.471 e. The van der Waals surface area contributed by atoms with Gasteiger partial charge in [-0.05, 0) is 18.0 Å². The zero-order valence-electron chi connectivity index (χ0n) is 8.64. The van der Waals surface area contributed by atoms with Crippen LogP contribution in [0.1, 0.15) is 12.8 Å². The zero-order valence-corrected chi connectivity index (χ0v) is 9.39. The minimum atomic E-state index is -5.11. The van der Waals surface area contributed by atoms with E-state index in [1.165, 1.54) is 5.32 Å². The summed E-state index contributed by atoms with van der Waals surface area (Å²) in [5, 5.41) is 0.580. The van der Waals surface area contributed by atoms with E-state index in [1.54, 1.807) is 0 Å². The summed E-state index contributed by atoms with van der Waals surface area (Å²) in [6.45, 7) is 0. The lowest BCUT2D eigenvalue weighted by atomic mass is 10.1. The lowest BCUT2D eigenvalue weighted by molar-refractivity contribution is -0.175. The van der Waals surface area contributed by atoms with Crippen LogP contribution in [0.3, 0.4) is 0 Å². The van der Waals surface area contributed by atoms with E-state index in [1.807, 2.05) is 0 Å². The maximum atomic E-state index is 11.9. The minimum absolute atomic E-state index is 0.362. The molecule has 9 heteroatoms. The van der Waals surface area contributed by atoms with Gasteiger partial charge in [-0.25, -0.2) is 4.79 Å². The molecule has 0 unspecified atom stereocenters. The Hall–Kier alpha value is -1.31. The van der Waals surface area contributed by atoms with Gasteiger partial charge in [-0.15, -0.1) is 0 Å². The number of carbonyl (C=O) groups excluding carboxylic acids is 3. The summed E-state index contributed by atoms with van der Waals surface area (Å²) < 4.78 is 39.9. The van der Waals surface area contributed by atoms with Crippen molar-refractivity contribution < 1.29 is 32.3 Å². The first kappa shape index (κ1) is 15.7. The second-order valence-electron chi connectivity index (χ2n) is 2.94. The van der Waals surface area contributed by atoms with E-state index in [9.17, 15) is 27.6 Å². The minimum Gasteiger partial charge on any atom is -0.467 e. The van der Waals surface area contributed by atoms with Gasteiger partial charge in [-0.3, -0.25) is 9.59 Å². The van der Waals surface area contributed by atoms with Crippen LogP contribution in [-0.2, 0) is 19.1 Å². The van der Waals surface area contributed by atoms with E-state index >= 15 is 0 Å². The zero-order chi connectivity index (χ0) is 13.6. The van der Waals surface area contributed by atoms with Gasteiger partial charge < -0.3 is 10.1 Å². The van der Waals surface area contributed by atoms with Crippen molar-refractivity contribution in [2.45, 2.75) is 25.1 Å². The first-order valence-corrected chi connectivity index (χ1v) is 4.70. The van der Waals surface area contributed by atoms with Crippen LogP contribution in [0.5, 0.6) is 0 Å². The van der Waals surface area contributed by atoms with Gasteiger partial charge in [0.2, 0.25) is 5.24 Å². The van der Waals surface area contributed by atoms with Crippen molar-refractivity contribution in [2.75, 3.05) is 7.11 Å². The second-order valence-corrected chi connectivity index (χ2v) is 3.36. The summed E-state index contributed by atoms with van der Waals surface area (Å²) in [5.74, 6) is -3.37. The molecular weight excluding hydrogens is 267 g/mol. The molecule has 0 aromatic carbocycles. The van der Waals surface area contributed by atoms with Crippen LogP contribution in [0.2, 0.25) is 0 Å². The Bertz CT molecular complexity index is 318. The van der Waals surface area contributed by atoms with Crippen LogP contribution in [0, 0.1) is 0 Å². The van der Waals surface area contributed by atoms with Crippen molar-refractivity contribution in [1.29, 1.82) is 0 Å². The first-order valence-electron chi connectivity index (χ1n) is 4.32. The predicted octanol–water partition coefficient (Wildman–Crippen LogP) is 0.752. The number of nitrogens with one attached hydrogen (secondary N) is 1. The van der Waals surface area contributed by atoms with Crippen LogP contribution in [0.25, 0.3) is 0 Å². The van der Waals surface area contributed by atoms with E-state index in [4.69, 9.17) is 11.6 Å². The third-order valence-corrected chi connectivity index (χ3v) is 1.87. The molecule has 0 rings (SSSR count). The molecule has 0 aliphatic heterocycles. The lowest BCUT2D eigenvalue weighted by Gasteiger charge is -2.16. The number of amides is 1. The van der Waals surface area contributed by atoms with Gasteiger partial charge in [0.1, 0.15) is 6.04 Å². The third-order valence-electron chi connectivity index (χ3n) is 1.68. The van der Waals surface area contributed by atoms with Crippen molar-refractivity contribution in [3.8, 4) is 0 Å². The Morgan fingerprint density at radius 3 is 2.24 bits per heavy atom. The SMILES string of the molecule is COC(=O)[C@H](CCC(=O)Cl)NC(=O)C(F)(F)F. The monoisotopic (exact) mass is 275 g/mol. The fraction of sp³-hybridized carbons (Fsp3) is 0.625. The van der Waals surface area contributed by atoms with E-state index in [-0.39, 0.29) is 12.8 Å². The standard InChI is InChI=1S/C8H9ClF3NO4/c1-17-6(15)4(2-3-5(9)14)13-7(16)8(10,11)12/h4H,2-3H2,1H3,(H,13,16)/t4-/m0/s1. The molecule has 1 atom stereocenters. The molecule has 0 saturated heterocycles. The largest absolute Gasteiger partial charge is 0.471 e. The van der Waals surface area contributed by atoms with Gasteiger partial charge in [-0.2, -0.15) is 13.2 Å². The Balaban J connectivity index is 4.55. The highest BCUT2D eigenvalue weighted by atomic mass is 35.5. The Kier molecular flexibility index (Phi) is 5.94. The molecule has 1 N–H and O–H groups in total. The number of carbonyl (C=O) groups is 3. The normalized spacial score (nSPS) is 12.8. The van der Waals surface area contributed by atoms with Gasteiger partial charge in [0, 0.05) is 6.42 Å². The van der Waals surface area contributed by atoms with Crippen molar-refractivity contribution in [3.63, 3.8) is 0 Å². The first-order chi connectivity index (χ1) is 7.68. The summed E-state index contributed by atoms with van der Waals surface area (Å²) in [5.41, 5.74) is 0. The predicted molar refractivity (Wildman–Crippen MR) is 50.1 cm³/mol. The second kappa shape index (κ2) is 6.43. The molecule has 0 spiro atoms. The van der Waals surface area contributed by atoms with Crippen LogP contribution in [0.4, 0.5) is 13.2 Å². The summed E-state index contributed by atoms with van der Waals surface area (Å²) in [6.07, 6.45) is -5.84. The van der Waals surface area contributed by atoms with Crippen molar-refractivity contribution >= 4 is 28.7 Å². The van der Waals surface area contributed by atoms with E-state index < -0.39 is 29.3 Å². The Morgan fingerprint density at radius 2 is 1.88 bits per heavy atom. The Morgan fingerprint density at radius 1 is 1.35 bits per heavy atom. The molecule has 0 aliphatic rings. The van der Waals surface area contributed by atoms with Gasteiger partial charge in [0.25, 0.3) is 0 Å². The van der Waals surface area contributed by atoms with Crippen LogP contribution >= 0.6 is 11.6 Å². The van der Waals surface area contributed by atoms with Crippen molar-refractivity contribution in [2.24, 2.45) is 0 Å². The number of rotatable bonds is 5. The molecule has 1 amide bonds. The number of halogens is 4. The van der Waals surface area contributed by atoms with E-state index in [2.05, 4.69) is 4.74 Å². The molecular formula is C8H9ClF3NO4. The Labute approximate surface area is 99.2 Å². The van der Waals surface area contributed by atoms with Crippen molar-refractivity contribution in [1.82, 2.24) is 5.32 Å². The number of hydrogen-bond donors (Lipinski definition) is 1. The highest BCUT2D eigenvalue weighted by Gasteiger charge is 2.40. The molecule has 0 saturated carbocycles. The lowest BCUT2D eigenvalue weighted by Crippen LogP contribution is -2.47. The smallest absolute Gasteiger partial charge is 0.467 e. The fourth-order valence-electron chi connectivity index (χ4n) is 0.889. The van der Waals surface area contributed by atoms with E-state index in [0.29, 0.717) is 0 Å². The topological polar surface area (TPSA) is 72.5 Å². The number of hydrogen-bond acceptors (Lipinski definition) is 4. The number of alkyl halides is 3.